The van der Waals surface area contributed by atoms with E-state index >= 15 is 0 Å². The van der Waals surface area contributed by atoms with Gasteiger partial charge in [-0.15, -0.1) is 23.1 Å². The van der Waals surface area contributed by atoms with Crippen LogP contribution in [-0.2, 0) is 11.2 Å². The predicted molar refractivity (Wildman–Crippen MR) is 137 cm³/mol. The molecule has 5 nitrogen and oxygen atoms in total. The van der Waals surface area contributed by atoms with Crippen molar-refractivity contribution >= 4 is 35.0 Å². The number of carbonyl (C=O) groups excluding carboxylic acids is 1. The fourth-order valence-electron chi connectivity index (χ4n) is 4.08. The Balaban J connectivity index is 1.31. The van der Waals surface area contributed by atoms with Crippen molar-refractivity contribution in [2.24, 2.45) is 0 Å². The Bertz CT molecular complexity index is 1160. The largest absolute Gasteiger partial charge is 0.477 e. The van der Waals surface area contributed by atoms with Crippen LogP contribution in [0.25, 0.3) is 11.1 Å². The molecule has 4 rings (SSSR count). The first-order chi connectivity index (χ1) is 16.5. The molecule has 1 aliphatic rings. The Morgan fingerprint density at radius 2 is 1.91 bits per heavy atom. The van der Waals surface area contributed by atoms with Gasteiger partial charge < -0.3 is 15.1 Å². The highest BCUT2D eigenvalue weighted by atomic mass is 32.2. The van der Waals surface area contributed by atoms with Gasteiger partial charge in [-0.1, -0.05) is 66.7 Å². The molecular formula is C27H27NO4S2. The zero-order valence-electron chi connectivity index (χ0n) is 18.7. The molecule has 0 aliphatic carbocycles. The number of amides is 1. The zero-order valence-corrected chi connectivity index (χ0v) is 20.3. The number of benzene rings is 2. The summed E-state index contributed by atoms with van der Waals surface area (Å²) in [5.41, 5.74) is 3.33. The third-order valence-electron chi connectivity index (χ3n) is 5.78. The minimum atomic E-state index is -0.915. The summed E-state index contributed by atoms with van der Waals surface area (Å²) in [5.74, 6) is -0.0929. The van der Waals surface area contributed by atoms with Crippen molar-refractivity contribution in [3.05, 3.63) is 89.3 Å². The Morgan fingerprint density at radius 1 is 1.12 bits per heavy atom. The van der Waals surface area contributed by atoms with Crippen LogP contribution < -0.4 is 0 Å². The molecule has 1 aliphatic heterocycles. The minimum Gasteiger partial charge on any atom is -0.477 e. The van der Waals surface area contributed by atoms with Gasteiger partial charge in [0.2, 0.25) is 5.91 Å². The minimum absolute atomic E-state index is 0.0173. The quantitative estimate of drug-likeness (QED) is 0.294. The first-order valence-corrected chi connectivity index (χ1v) is 13.1. The van der Waals surface area contributed by atoms with Crippen molar-refractivity contribution in [1.82, 2.24) is 4.90 Å². The van der Waals surface area contributed by atoms with Crippen molar-refractivity contribution in [2.45, 2.75) is 35.6 Å². The Labute approximate surface area is 207 Å². The number of rotatable bonds is 10. The smallest absolute Gasteiger partial charge is 0.345 e. The van der Waals surface area contributed by atoms with E-state index in [9.17, 15) is 14.7 Å². The summed E-state index contributed by atoms with van der Waals surface area (Å²) < 4.78 is 0.935. The number of likely N-dealkylation sites (tertiary alicyclic amines) is 1. The molecule has 0 radical (unpaired) electrons. The van der Waals surface area contributed by atoms with Gasteiger partial charge in [0, 0.05) is 25.1 Å². The third kappa shape index (κ3) is 6.38. The average molecular weight is 494 g/mol. The molecule has 1 fully saturated rings. The van der Waals surface area contributed by atoms with E-state index in [1.165, 1.54) is 11.3 Å². The number of carboxylic acid groups (broad SMARTS) is 1. The van der Waals surface area contributed by atoms with E-state index in [4.69, 9.17) is 5.11 Å². The van der Waals surface area contributed by atoms with Gasteiger partial charge in [0.05, 0.1) is 16.4 Å². The normalized spacial score (nSPS) is 16.9. The lowest BCUT2D eigenvalue weighted by Crippen LogP contribution is -2.33. The summed E-state index contributed by atoms with van der Waals surface area (Å²) >= 11 is 2.82. The Hall–Kier alpha value is -2.87. The summed E-state index contributed by atoms with van der Waals surface area (Å²) in [6.45, 7) is 0.591. The number of nitrogens with zero attached hydrogens (tertiary/aromatic N) is 1. The lowest BCUT2D eigenvalue weighted by molar-refractivity contribution is -0.128. The number of aliphatic hydroxyl groups excluding tert-OH is 1. The number of hydrogen-bond donors (Lipinski definition) is 2. The predicted octanol–water partition coefficient (Wildman–Crippen LogP) is 5.36. The van der Waals surface area contributed by atoms with Crippen LogP contribution in [0.5, 0.6) is 0 Å². The number of carbonyl (C=O) groups is 2. The van der Waals surface area contributed by atoms with Crippen molar-refractivity contribution in [3.8, 4) is 11.1 Å². The van der Waals surface area contributed by atoms with Gasteiger partial charge in [-0.25, -0.2) is 4.79 Å². The van der Waals surface area contributed by atoms with Crippen molar-refractivity contribution in [1.29, 1.82) is 0 Å². The van der Waals surface area contributed by atoms with Gasteiger partial charge >= 0.3 is 5.97 Å². The summed E-state index contributed by atoms with van der Waals surface area (Å²) in [6, 6.07) is 21.8. The summed E-state index contributed by atoms with van der Waals surface area (Å²) in [5, 5.41) is 19.7. The Morgan fingerprint density at radius 3 is 2.68 bits per heavy atom. The van der Waals surface area contributed by atoms with Gasteiger partial charge in [0.25, 0.3) is 0 Å². The van der Waals surface area contributed by atoms with E-state index in [0.29, 0.717) is 30.0 Å². The molecule has 1 amide bonds. The maximum atomic E-state index is 12.4. The summed E-state index contributed by atoms with van der Waals surface area (Å²) in [7, 11) is 0. The van der Waals surface area contributed by atoms with Crippen molar-refractivity contribution in [2.75, 3.05) is 12.3 Å². The molecule has 0 spiro atoms. The summed E-state index contributed by atoms with van der Waals surface area (Å²) in [4.78, 5) is 25.6. The molecule has 1 saturated heterocycles. The van der Waals surface area contributed by atoms with Crippen molar-refractivity contribution in [3.63, 3.8) is 0 Å². The second-order valence-electron chi connectivity index (χ2n) is 8.19. The lowest BCUT2D eigenvalue weighted by atomic mass is 10.00. The number of aromatic carboxylic acids is 1. The number of thiophene rings is 1. The lowest BCUT2D eigenvalue weighted by Gasteiger charge is -2.22. The molecule has 34 heavy (non-hydrogen) atoms. The number of hydrogen-bond acceptors (Lipinski definition) is 5. The van der Waals surface area contributed by atoms with Gasteiger partial charge in [-0.3, -0.25) is 4.79 Å². The molecule has 2 N–H and O–H groups in total. The van der Waals surface area contributed by atoms with Crippen LogP contribution in [0.2, 0.25) is 0 Å². The fraction of sp³-hybridized carbons (Fsp3) is 0.259. The molecule has 2 aromatic carbocycles. The van der Waals surface area contributed by atoms with Gasteiger partial charge in [0.1, 0.15) is 4.88 Å². The SMILES string of the molecule is O=C(O)c1ccc(SCCN2C(=O)CC[C@@H]2C=C[C@@H](O)Cc2cccc(-c3ccccc3)c2)s1. The van der Waals surface area contributed by atoms with Crippen LogP contribution >= 0.6 is 23.1 Å². The molecule has 1 aromatic heterocycles. The zero-order chi connectivity index (χ0) is 23.9. The molecule has 176 valence electrons. The molecule has 7 heteroatoms. The van der Waals surface area contributed by atoms with E-state index in [-0.39, 0.29) is 11.9 Å². The monoisotopic (exact) mass is 493 g/mol. The van der Waals surface area contributed by atoms with Gasteiger partial charge in [0.15, 0.2) is 0 Å². The van der Waals surface area contributed by atoms with E-state index in [0.717, 1.165) is 27.3 Å². The highest BCUT2D eigenvalue weighted by molar-refractivity contribution is 8.01. The van der Waals surface area contributed by atoms with E-state index in [1.807, 2.05) is 47.4 Å². The topological polar surface area (TPSA) is 77.8 Å². The van der Waals surface area contributed by atoms with Crippen molar-refractivity contribution < 1.29 is 19.8 Å². The maximum Gasteiger partial charge on any atom is 0.345 e. The van der Waals surface area contributed by atoms with Gasteiger partial charge in [-0.05, 0) is 35.2 Å². The van der Waals surface area contributed by atoms with Crippen LogP contribution in [0.15, 0.2) is 83.1 Å². The van der Waals surface area contributed by atoms with Crippen LogP contribution in [-0.4, -0.2) is 51.4 Å². The molecular weight excluding hydrogens is 466 g/mol. The van der Waals surface area contributed by atoms with Crippen LogP contribution in [0.3, 0.4) is 0 Å². The molecule has 0 saturated carbocycles. The van der Waals surface area contributed by atoms with Crippen LogP contribution in [0, 0.1) is 0 Å². The standard InChI is InChI=1S/C27H27NO4S2/c29-23(18-19-5-4-8-21(17-19)20-6-2-1-3-7-20)11-9-22-10-13-25(30)28(22)15-16-33-26-14-12-24(34-26)27(31)32/h1-9,11-12,14,17,22-23,29H,10,13,15-16,18H2,(H,31,32)/t22-,23+/m0/s1. The van der Waals surface area contributed by atoms with E-state index < -0.39 is 12.1 Å². The van der Waals surface area contributed by atoms with Crippen LogP contribution in [0.4, 0.5) is 0 Å². The third-order valence-corrected chi connectivity index (χ3v) is 8.06. The molecule has 0 unspecified atom stereocenters. The first kappa shape index (κ1) is 24.3. The average Bonchev–Trinajstić information content (AvgIpc) is 3.46. The fourth-order valence-corrected chi connectivity index (χ4v) is 6.06. The van der Waals surface area contributed by atoms with Crippen LogP contribution in [0.1, 0.15) is 28.1 Å². The van der Waals surface area contributed by atoms with E-state index in [1.54, 1.807) is 23.9 Å². The van der Waals surface area contributed by atoms with E-state index in [2.05, 4.69) is 24.3 Å². The first-order valence-electron chi connectivity index (χ1n) is 11.3. The second kappa shape index (κ2) is 11.5. The Kier molecular flexibility index (Phi) is 8.21. The second-order valence-corrected chi connectivity index (χ2v) is 10.7. The van der Waals surface area contributed by atoms with Gasteiger partial charge in [-0.2, -0.15) is 0 Å². The molecule has 0 bridgehead atoms. The molecule has 2 heterocycles. The molecule has 2 atom stereocenters. The number of carboxylic acids is 1. The number of thioether (sulfide) groups is 1. The number of aliphatic hydroxyl groups is 1. The highest BCUT2D eigenvalue weighted by Crippen LogP contribution is 2.29. The summed E-state index contributed by atoms with van der Waals surface area (Å²) in [6.07, 6.45) is 4.90. The highest BCUT2D eigenvalue weighted by Gasteiger charge is 2.28. The molecule has 3 aromatic rings. The maximum absolute atomic E-state index is 12.4.